The number of ether oxygens (including phenoxy) is 1. The zero-order valence-electron chi connectivity index (χ0n) is 19.1. The molecule has 1 heterocycles. The first kappa shape index (κ1) is 24.3. The summed E-state index contributed by atoms with van der Waals surface area (Å²) in [7, 11) is 0. The third-order valence-corrected chi connectivity index (χ3v) is 5.02. The number of nitrogens with two attached hydrogens (primary N) is 1. The van der Waals surface area contributed by atoms with Crippen molar-refractivity contribution in [2.75, 3.05) is 13.2 Å². The van der Waals surface area contributed by atoms with Gasteiger partial charge in [-0.2, -0.15) is 5.48 Å². The van der Waals surface area contributed by atoms with Gasteiger partial charge in [0.15, 0.2) is 12.0 Å². The number of fused-ring (bicyclic) bond motifs is 1. The van der Waals surface area contributed by atoms with Crippen LogP contribution in [0.3, 0.4) is 0 Å². The molecule has 1 unspecified atom stereocenters. The Kier molecular flexibility index (Phi) is 8.06. The summed E-state index contributed by atoms with van der Waals surface area (Å²) in [5.74, 6) is -1.36. The van der Waals surface area contributed by atoms with Crippen molar-refractivity contribution in [1.82, 2.24) is 10.0 Å². The second kappa shape index (κ2) is 11.0. The predicted octanol–water partition coefficient (Wildman–Crippen LogP) is 2.39. The molecule has 0 spiro atoms. The molecule has 8 nitrogen and oxygen atoms in total. The Morgan fingerprint density at radius 2 is 1.94 bits per heavy atom. The summed E-state index contributed by atoms with van der Waals surface area (Å²) >= 11 is 0. The highest BCUT2D eigenvalue weighted by Gasteiger charge is 2.27. The lowest BCUT2D eigenvalue weighted by atomic mass is 10.0. The number of hydrogen-bond acceptors (Lipinski definition) is 6. The van der Waals surface area contributed by atoms with Crippen LogP contribution in [0.4, 0.5) is 0 Å². The minimum absolute atomic E-state index is 0.170. The van der Waals surface area contributed by atoms with E-state index in [9.17, 15) is 14.7 Å². The summed E-state index contributed by atoms with van der Waals surface area (Å²) < 4.78 is 7.73. The topological polar surface area (TPSA) is 116 Å². The Hall–Kier alpha value is -3.38. The number of aliphatic hydroxyl groups excluding tert-OH is 1. The molecule has 1 aromatic heterocycles. The molecular weight excluding hydrogens is 422 g/mol. The molecule has 1 atom stereocenters. The van der Waals surface area contributed by atoms with E-state index in [0.717, 1.165) is 5.56 Å². The van der Waals surface area contributed by atoms with Crippen LogP contribution in [0.2, 0.25) is 0 Å². The predicted molar refractivity (Wildman–Crippen MR) is 123 cm³/mol. The summed E-state index contributed by atoms with van der Waals surface area (Å²) in [6, 6.07) is 17.2. The van der Waals surface area contributed by atoms with Crippen LogP contribution in [0.5, 0.6) is 5.75 Å². The Labute approximate surface area is 193 Å². The van der Waals surface area contributed by atoms with Gasteiger partial charge in [0.25, 0.3) is 11.7 Å². The summed E-state index contributed by atoms with van der Waals surface area (Å²) in [5.41, 5.74) is 10.4. The highest BCUT2D eigenvalue weighted by molar-refractivity contribution is 6.45. The van der Waals surface area contributed by atoms with Crippen LogP contribution in [-0.2, 0) is 22.6 Å². The van der Waals surface area contributed by atoms with Crippen molar-refractivity contribution in [2.24, 2.45) is 11.7 Å². The Morgan fingerprint density at radius 3 is 2.58 bits per heavy atom. The highest BCUT2D eigenvalue weighted by Crippen LogP contribution is 2.34. The fourth-order valence-corrected chi connectivity index (χ4v) is 3.60. The zero-order valence-corrected chi connectivity index (χ0v) is 19.1. The SMILES string of the molecule is CCc1c(C(=O)C(N)=O)c2c(OCC(O)NOCC(C)C)c#ccc2n1Cc1ccccc1. The molecule has 1 amide bonds. The molecule has 4 N–H and O–H groups in total. The number of ketones is 1. The van der Waals surface area contributed by atoms with Gasteiger partial charge in [0.1, 0.15) is 6.61 Å². The number of nitrogens with zero attached hydrogens (tertiary/aromatic N) is 1. The van der Waals surface area contributed by atoms with E-state index >= 15 is 0 Å². The van der Waals surface area contributed by atoms with E-state index in [4.69, 9.17) is 15.3 Å². The number of benzene rings is 1. The lowest BCUT2D eigenvalue weighted by Gasteiger charge is -2.15. The maximum atomic E-state index is 12.9. The number of hydroxylamine groups is 1. The summed E-state index contributed by atoms with van der Waals surface area (Å²) in [6.45, 7) is 6.61. The van der Waals surface area contributed by atoms with E-state index < -0.39 is 17.9 Å². The molecule has 0 aliphatic carbocycles. The van der Waals surface area contributed by atoms with E-state index in [-0.39, 0.29) is 17.9 Å². The third kappa shape index (κ3) is 5.71. The monoisotopic (exact) mass is 451 g/mol. The van der Waals surface area contributed by atoms with Crippen molar-refractivity contribution in [3.05, 3.63) is 65.4 Å². The molecule has 0 saturated heterocycles. The van der Waals surface area contributed by atoms with Gasteiger partial charge in [0.05, 0.1) is 23.1 Å². The van der Waals surface area contributed by atoms with Crippen molar-refractivity contribution in [1.29, 1.82) is 0 Å². The van der Waals surface area contributed by atoms with Gasteiger partial charge in [0.2, 0.25) is 0 Å². The smallest absolute Gasteiger partial charge is 0.289 e. The Morgan fingerprint density at radius 1 is 1.21 bits per heavy atom. The van der Waals surface area contributed by atoms with Crippen LogP contribution < -0.4 is 16.0 Å². The molecule has 8 heteroatoms. The first-order chi connectivity index (χ1) is 15.8. The van der Waals surface area contributed by atoms with Crippen LogP contribution in [0, 0.1) is 18.1 Å². The van der Waals surface area contributed by atoms with Crippen molar-refractivity contribution >= 4 is 22.6 Å². The van der Waals surface area contributed by atoms with Crippen LogP contribution >= 0.6 is 0 Å². The number of rotatable bonds is 12. The number of aromatic nitrogens is 1. The fourth-order valence-electron chi connectivity index (χ4n) is 3.60. The average Bonchev–Trinajstić information content (AvgIpc) is 3.11. The molecule has 33 heavy (non-hydrogen) atoms. The standard InChI is InChI=1S/C25H29N3O5/c1-4-18-23(24(30)25(26)31)22-19(28(18)13-17-9-6-5-7-10-17)11-8-12-20(22)32-15-21(29)27-33-14-16(2)3/h5-7,9-11,16,21,27,29H,4,13-15H2,1-3H3,(H2,26,31). The van der Waals surface area contributed by atoms with E-state index in [0.29, 0.717) is 42.1 Å². The van der Waals surface area contributed by atoms with E-state index in [2.05, 4.69) is 17.6 Å². The normalized spacial score (nSPS) is 12.0. The number of amides is 1. The van der Waals surface area contributed by atoms with Crippen molar-refractivity contribution in [2.45, 2.75) is 40.0 Å². The van der Waals surface area contributed by atoms with Gasteiger partial charge in [-0.3, -0.25) is 14.4 Å². The van der Waals surface area contributed by atoms with Crippen LogP contribution in [0.1, 0.15) is 42.4 Å². The Bertz CT molecular complexity index is 1110. The summed E-state index contributed by atoms with van der Waals surface area (Å²) in [5, 5.41) is 10.5. The van der Waals surface area contributed by atoms with Gasteiger partial charge in [-0.1, -0.05) is 57.2 Å². The first-order valence-corrected chi connectivity index (χ1v) is 10.9. The highest BCUT2D eigenvalue weighted by atomic mass is 16.7. The summed E-state index contributed by atoms with van der Waals surface area (Å²) in [4.78, 5) is 29.9. The molecule has 0 bridgehead atoms. The van der Waals surface area contributed by atoms with E-state index in [1.165, 1.54) is 0 Å². The lowest BCUT2D eigenvalue weighted by Crippen LogP contribution is -2.35. The van der Waals surface area contributed by atoms with Crippen LogP contribution in [-0.4, -0.2) is 40.8 Å². The molecule has 0 radical (unpaired) electrons. The maximum absolute atomic E-state index is 12.9. The second-order valence-corrected chi connectivity index (χ2v) is 8.09. The maximum Gasteiger partial charge on any atom is 0.289 e. The number of Topliss-reactive ketones (excluding diaryl/α,β-unsaturated/α-hetero) is 1. The van der Waals surface area contributed by atoms with Gasteiger partial charge in [-0.05, 0) is 24.0 Å². The molecule has 0 aliphatic heterocycles. The molecule has 3 aromatic rings. The van der Waals surface area contributed by atoms with Crippen LogP contribution in [0.25, 0.3) is 10.9 Å². The van der Waals surface area contributed by atoms with Gasteiger partial charge in [-0.25, -0.2) is 0 Å². The van der Waals surface area contributed by atoms with Crippen LogP contribution in [0.15, 0.2) is 36.4 Å². The molecule has 174 valence electrons. The van der Waals surface area contributed by atoms with E-state index in [1.54, 1.807) is 6.07 Å². The number of primary amides is 1. The van der Waals surface area contributed by atoms with Gasteiger partial charge >= 0.3 is 0 Å². The van der Waals surface area contributed by atoms with E-state index in [1.807, 2.05) is 55.7 Å². The van der Waals surface area contributed by atoms with Crippen molar-refractivity contribution in [3.63, 3.8) is 0 Å². The van der Waals surface area contributed by atoms with Crippen molar-refractivity contribution in [3.8, 4) is 5.75 Å². The first-order valence-electron chi connectivity index (χ1n) is 10.9. The number of hydrogen-bond donors (Lipinski definition) is 3. The number of carbonyl (C=O) groups is 2. The summed E-state index contributed by atoms with van der Waals surface area (Å²) in [6.07, 6.45) is -0.623. The minimum Gasteiger partial charge on any atom is -0.480 e. The van der Waals surface area contributed by atoms with Crippen molar-refractivity contribution < 1.29 is 24.3 Å². The average molecular weight is 452 g/mol. The largest absolute Gasteiger partial charge is 0.480 e. The minimum atomic E-state index is -1.11. The number of carbonyl (C=O) groups excluding carboxylic acids is 2. The lowest BCUT2D eigenvalue weighted by molar-refractivity contribution is -0.114. The zero-order chi connectivity index (χ0) is 24.0. The number of nitrogens with one attached hydrogen (secondary N) is 1. The van der Waals surface area contributed by atoms with Gasteiger partial charge in [0, 0.05) is 18.3 Å². The molecule has 0 fully saturated rings. The Balaban J connectivity index is 2.01. The quantitative estimate of drug-likeness (QED) is 0.169. The molecule has 2 aromatic carbocycles. The molecule has 0 saturated carbocycles. The third-order valence-electron chi connectivity index (χ3n) is 5.02. The van der Waals surface area contributed by atoms with Gasteiger partial charge < -0.3 is 20.1 Å². The molecule has 0 aliphatic rings. The molecule has 3 rings (SSSR count). The second-order valence-electron chi connectivity index (χ2n) is 8.09. The fraction of sp³-hybridized carbons (Fsp3) is 0.360. The molecular formula is C25H29N3O5. The number of aliphatic hydroxyl groups is 1. The van der Waals surface area contributed by atoms with Gasteiger partial charge in [-0.15, -0.1) is 0 Å².